The Kier molecular flexibility index (Phi) is 14.7. The summed E-state index contributed by atoms with van der Waals surface area (Å²) in [4.78, 5) is 57.4. The van der Waals surface area contributed by atoms with Gasteiger partial charge in [0.15, 0.2) is 5.75 Å². The summed E-state index contributed by atoms with van der Waals surface area (Å²) in [6, 6.07) is 0. The molecule has 3 aliphatic rings. The number of ether oxygens (including phenoxy) is 4. The number of esters is 1. The number of methoxy groups -OCH3 is 1. The standard InChI is InChI=1S/C43H56N2O15/c1-18(2)37(42(54)55)60-44-17-26-31-36(51)29-28(35(26)50)30-39(24(8)34(29)49)59-43(10,40(30)52)57-16-15-27(56-11)21(5)38(58-25(9)46)23(7)33(48)22(6)32(47)19(3)13-12-14-20(4)41(53)45-31/h12-19,21-23,27,32-33,37-38,47-51H,1-11H3,(H,45,53)(H,54,55)/b13-12?,16-15?,20-14?,44-17+. The number of Topliss-reactive ketones (excluding diaryl/α,β-unsaturated/α-hetero) is 1. The smallest absolute Gasteiger partial charge is 0.348 e. The Morgan fingerprint density at radius 1 is 0.950 bits per heavy atom. The number of hydrogen-bond acceptors (Lipinski definition) is 15. The molecular formula is C43H56N2O15. The van der Waals surface area contributed by atoms with Gasteiger partial charge in [-0.05, 0) is 19.9 Å². The van der Waals surface area contributed by atoms with Crippen LogP contribution in [0.5, 0.6) is 23.0 Å². The van der Waals surface area contributed by atoms with E-state index in [0.717, 1.165) is 12.5 Å². The fourth-order valence-electron chi connectivity index (χ4n) is 7.47. The van der Waals surface area contributed by atoms with E-state index in [2.05, 4.69) is 10.5 Å². The molecule has 0 radical (unpaired) electrons. The zero-order valence-corrected chi connectivity index (χ0v) is 35.5. The number of ketones is 1. The minimum Gasteiger partial charge on any atom is -0.507 e. The molecule has 7 N–H and O–H groups in total. The molecule has 1 amide bonds. The predicted octanol–water partition coefficient (Wildman–Crippen LogP) is 5.21. The summed E-state index contributed by atoms with van der Waals surface area (Å²) in [7, 11) is 1.40. The second kappa shape index (κ2) is 18.7. The zero-order chi connectivity index (χ0) is 45.1. The molecule has 10 unspecified atom stereocenters. The number of carbonyl (C=O) groups excluding carboxylic acids is 3. The Morgan fingerprint density at radius 2 is 1.60 bits per heavy atom. The summed E-state index contributed by atoms with van der Waals surface area (Å²) in [5.41, 5.74) is -1.17. The summed E-state index contributed by atoms with van der Waals surface area (Å²) in [6.07, 6.45) is 2.49. The summed E-state index contributed by atoms with van der Waals surface area (Å²) in [5, 5.41) is 73.1. The number of hydrogen-bond donors (Lipinski definition) is 7. The molecule has 3 aliphatic heterocycles. The van der Waals surface area contributed by atoms with Crippen LogP contribution in [0.15, 0.2) is 41.3 Å². The van der Waals surface area contributed by atoms with Crippen molar-refractivity contribution in [2.24, 2.45) is 34.7 Å². The summed E-state index contributed by atoms with van der Waals surface area (Å²) >= 11 is 0. The number of nitrogens with one attached hydrogen (secondary N) is 1. The third-order valence-electron chi connectivity index (χ3n) is 11.2. The lowest BCUT2D eigenvalue weighted by Crippen LogP contribution is -2.46. The van der Waals surface area contributed by atoms with Crippen molar-refractivity contribution in [1.29, 1.82) is 0 Å². The first-order valence-electron chi connectivity index (χ1n) is 19.5. The average Bonchev–Trinajstić information content (AvgIpc) is 3.45. The number of aliphatic carboxylic acids is 1. The Bertz CT molecular complexity index is 2120. The quantitative estimate of drug-likeness (QED) is 0.0620. The van der Waals surface area contributed by atoms with Gasteiger partial charge in [0.05, 0.1) is 53.0 Å². The first kappa shape index (κ1) is 47.0. The van der Waals surface area contributed by atoms with Gasteiger partial charge < -0.3 is 59.7 Å². The third-order valence-corrected chi connectivity index (χ3v) is 11.2. The number of rotatable bonds is 7. The van der Waals surface area contributed by atoms with Crippen molar-refractivity contribution < 1.29 is 73.6 Å². The summed E-state index contributed by atoms with van der Waals surface area (Å²) in [5.74, 6) is -11.3. The number of carboxylic acid groups (broad SMARTS) is 1. The highest BCUT2D eigenvalue weighted by Gasteiger charge is 2.50. The van der Waals surface area contributed by atoms with Crippen LogP contribution in [0.1, 0.15) is 83.8 Å². The lowest BCUT2D eigenvalue weighted by Gasteiger charge is -2.38. The summed E-state index contributed by atoms with van der Waals surface area (Å²) < 4.78 is 23.4. The van der Waals surface area contributed by atoms with Gasteiger partial charge in [-0.3, -0.25) is 14.4 Å². The SMILES string of the molecule is COC1C=COC2(C)Oc3c(C)c(O)c4c(O)c(c(/C=N/OC(C(=O)O)C(C)C)c(O)c4c3C2=O)NC(=O)C(C)=CC=CC(C)C(O)C(C)C(O)C(C)C(OC(C)=O)C1C. The second-order valence-corrected chi connectivity index (χ2v) is 16.0. The fraction of sp³-hybridized carbons (Fsp3) is 0.512. The minimum atomic E-state index is -2.13. The van der Waals surface area contributed by atoms with E-state index in [4.69, 9.17) is 23.8 Å². The predicted molar refractivity (Wildman–Crippen MR) is 219 cm³/mol. The molecule has 0 aromatic heterocycles. The third kappa shape index (κ3) is 9.22. The number of allylic oxidation sites excluding steroid dienone is 2. The zero-order valence-electron chi connectivity index (χ0n) is 35.5. The molecule has 17 nitrogen and oxygen atoms in total. The van der Waals surface area contributed by atoms with Crippen LogP contribution in [0, 0.1) is 36.5 Å². The Labute approximate surface area is 347 Å². The molecule has 3 heterocycles. The van der Waals surface area contributed by atoms with Gasteiger partial charge in [0, 0.05) is 67.1 Å². The van der Waals surface area contributed by atoms with Gasteiger partial charge in [-0.25, -0.2) is 4.79 Å². The van der Waals surface area contributed by atoms with Crippen LogP contribution in [0.3, 0.4) is 0 Å². The average molecular weight is 841 g/mol. The number of aromatic hydroxyl groups is 3. The van der Waals surface area contributed by atoms with Crippen LogP contribution in [0.25, 0.3) is 10.8 Å². The summed E-state index contributed by atoms with van der Waals surface area (Å²) in [6.45, 7) is 15.3. The van der Waals surface area contributed by atoms with Crippen LogP contribution in [-0.4, -0.2) is 104 Å². The maximum atomic E-state index is 14.4. The molecule has 0 aliphatic carbocycles. The molecule has 5 bridgehead atoms. The van der Waals surface area contributed by atoms with Crippen molar-refractivity contribution in [3.63, 3.8) is 0 Å². The lowest BCUT2D eigenvalue weighted by atomic mass is 9.78. The number of benzene rings is 2. The van der Waals surface area contributed by atoms with Gasteiger partial charge in [-0.1, -0.05) is 64.9 Å². The molecular weight excluding hydrogens is 784 g/mol. The minimum absolute atomic E-state index is 0.0301. The highest BCUT2D eigenvalue weighted by molar-refractivity contribution is 6.23. The van der Waals surface area contributed by atoms with Gasteiger partial charge in [-0.15, -0.1) is 0 Å². The van der Waals surface area contributed by atoms with E-state index in [9.17, 15) is 49.8 Å². The van der Waals surface area contributed by atoms with Gasteiger partial charge in [-0.2, -0.15) is 0 Å². The van der Waals surface area contributed by atoms with E-state index in [-0.39, 0.29) is 22.4 Å². The second-order valence-electron chi connectivity index (χ2n) is 16.0. The Balaban J connectivity index is 1.99. The van der Waals surface area contributed by atoms with E-state index in [1.54, 1.807) is 47.6 Å². The molecule has 2 aromatic rings. The monoisotopic (exact) mass is 840 g/mol. The van der Waals surface area contributed by atoms with Gasteiger partial charge in [0.25, 0.3) is 11.7 Å². The van der Waals surface area contributed by atoms with Crippen molar-refractivity contribution in [2.45, 2.75) is 106 Å². The van der Waals surface area contributed by atoms with Crippen LogP contribution >= 0.6 is 0 Å². The number of aliphatic hydroxyl groups excluding tert-OH is 2. The topological polar surface area (TPSA) is 260 Å². The Morgan fingerprint density at radius 3 is 2.18 bits per heavy atom. The van der Waals surface area contributed by atoms with Gasteiger partial charge in [0.1, 0.15) is 23.4 Å². The van der Waals surface area contributed by atoms with Crippen molar-refractivity contribution in [2.75, 3.05) is 12.4 Å². The molecule has 0 saturated heterocycles. The number of carbonyl (C=O) groups is 4. The molecule has 2 aromatic carbocycles. The number of aliphatic hydroxyl groups is 2. The number of phenols is 3. The van der Waals surface area contributed by atoms with Crippen LogP contribution in [-0.2, 0) is 33.4 Å². The van der Waals surface area contributed by atoms with Crippen molar-refractivity contribution >= 4 is 46.3 Å². The van der Waals surface area contributed by atoms with E-state index < -0.39 is 129 Å². The van der Waals surface area contributed by atoms with E-state index in [1.807, 2.05) is 0 Å². The molecule has 10 atom stereocenters. The molecule has 17 heteroatoms. The number of phenolic OH excluding ortho intramolecular Hbond substituents is 3. The van der Waals surface area contributed by atoms with Crippen molar-refractivity contribution in [3.05, 3.63) is 52.8 Å². The number of anilines is 1. The molecule has 60 heavy (non-hydrogen) atoms. The van der Waals surface area contributed by atoms with Crippen LogP contribution in [0.4, 0.5) is 5.69 Å². The Hall–Kier alpha value is -5.65. The number of fused-ring (bicyclic) bond motifs is 14. The van der Waals surface area contributed by atoms with Crippen molar-refractivity contribution in [3.8, 4) is 23.0 Å². The number of carboxylic acids is 1. The van der Waals surface area contributed by atoms with E-state index >= 15 is 0 Å². The fourth-order valence-corrected chi connectivity index (χ4v) is 7.47. The first-order valence-corrected chi connectivity index (χ1v) is 19.5. The highest BCUT2D eigenvalue weighted by Crippen LogP contribution is 2.55. The maximum absolute atomic E-state index is 14.4. The maximum Gasteiger partial charge on any atom is 0.348 e. The largest absolute Gasteiger partial charge is 0.507 e. The van der Waals surface area contributed by atoms with E-state index in [1.165, 1.54) is 53.0 Å². The highest BCUT2D eigenvalue weighted by atomic mass is 16.7. The van der Waals surface area contributed by atoms with Crippen molar-refractivity contribution in [1.82, 2.24) is 0 Å². The number of amides is 1. The van der Waals surface area contributed by atoms with Crippen LogP contribution in [0.2, 0.25) is 0 Å². The lowest BCUT2D eigenvalue weighted by molar-refractivity contribution is -0.160. The normalized spacial score (nSPS) is 28.4. The molecule has 0 saturated carbocycles. The van der Waals surface area contributed by atoms with Gasteiger partial charge in [0.2, 0.25) is 6.10 Å². The molecule has 328 valence electrons. The molecule has 0 fully saturated rings. The first-order chi connectivity index (χ1) is 28.0. The molecule has 0 spiro atoms. The number of oxime groups is 1. The van der Waals surface area contributed by atoms with Crippen LogP contribution < -0.4 is 10.1 Å². The number of nitrogens with zero attached hydrogens (tertiary/aromatic N) is 1. The van der Waals surface area contributed by atoms with E-state index in [0.29, 0.717) is 0 Å². The molecule has 5 rings (SSSR count). The van der Waals surface area contributed by atoms with Gasteiger partial charge >= 0.3 is 17.7 Å².